The number of anilines is 1. The average molecular weight is 502 g/mol. The standard InChI is InChI=1S/C26H35N3O3S2/c1-26(2,23(30)31)34-22-17-27-24(33-22)28-25(32)29(20-11-7-4-8-12-20)21-15-13-19(14-16-21)18-9-5-3-6-10-18/h3,5-6,9-10,17,19-21H,4,7-8,11-16H2,1-2H3,(H,30,31)(H,27,28,32). The zero-order chi connectivity index (χ0) is 24.1. The summed E-state index contributed by atoms with van der Waals surface area (Å²) in [6.07, 6.45) is 11.7. The van der Waals surface area contributed by atoms with Crippen LogP contribution in [-0.2, 0) is 4.79 Å². The molecule has 8 heteroatoms. The molecule has 1 aromatic carbocycles. The van der Waals surface area contributed by atoms with E-state index in [-0.39, 0.29) is 18.1 Å². The minimum absolute atomic E-state index is 0.0570. The highest BCUT2D eigenvalue weighted by Gasteiger charge is 2.35. The Morgan fingerprint density at radius 2 is 1.68 bits per heavy atom. The number of amides is 2. The first kappa shape index (κ1) is 25.0. The molecule has 2 aliphatic carbocycles. The second kappa shape index (κ2) is 11.1. The SMILES string of the molecule is CC(C)(Sc1cnc(NC(=O)N(C2CCCCC2)C2CCC(c3ccccc3)CC2)s1)C(=O)O. The Hall–Kier alpha value is -2.06. The number of carboxylic acids is 1. The Morgan fingerprint density at radius 3 is 2.32 bits per heavy atom. The van der Waals surface area contributed by atoms with E-state index in [2.05, 4.69) is 45.5 Å². The molecular formula is C26H35N3O3S2. The van der Waals surface area contributed by atoms with Crippen LogP contribution in [0.5, 0.6) is 0 Å². The number of thioether (sulfide) groups is 1. The third kappa shape index (κ3) is 6.13. The number of hydrogen-bond donors (Lipinski definition) is 2. The molecule has 2 N–H and O–H groups in total. The summed E-state index contributed by atoms with van der Waals surface area (Å²) in [5.41, 5.74) is 1.41. The smallest absolute Gasteiger partial charge is 0.324 e. The van der Waals surface area contributed by atoms with Gasteiger partial charge in [-0.15, -0.1) is 0 Å². The third-order valence-corrected chi connectivity index (χ3v) is 9.33. The van der Waals surface area contributed by atoms with Crippen LogP contribution in [-0.4, -0.2) is 43.8 Å². The number of hydrogen-bond acceptors (Lipinski definition) is 5. The largest absolute Gasteiger partial charge is 0.480 e. The van der Waals surface area contributed by atoms with Crippen molar-refractivity contribution in [1.29, 1.82) is 0 Å². The number of nitrogens with zero attached hydrogens (tertiary/aromatic N) is 2. The molecule has 34 heavy (non-hydrogen) atoms. The topological polar surface area (TPSA) is 82.5 Å². The maximum Gasteiger partial charge on any atom is 0.324 e. The fourth-order valence-corrected chi connectivity index (χ4v) is 7.48. The summed E-state index contributed by atoms with van der Waals surface area (Å²) in [7, 11) is 0. The summed E-state index contributed by atoms with van der Waals surface area (Å²) in [5.74, 6) is -0.295. The summed E-state index contributed by atoms with van der Waals surface area (Å²) in [6, 6.07) is 11.2. The van der Waals surface area contributed by atoms with Crippen molar-refractivity contribution in [3.63, 3.8) is 0 Å². The zero-order valence-electron chi connectivity index (χ0n) is 20.0. The van der Waals surface area contributed by atoms with Gasteiger partial charge in [0.1, 0.15) is 4.75 Å². The number of carbonyl (C=O) groups excluding carboxylic acids is 1. The molecular weight excluding hydrogens is 466 g/mol. The average Bonchev–Trinajstić information content (AvgIpc) is 3.26. The quantitative estimate of drug-likeness (QED) is 0.400. The maximum absolute atomic E-state index is 13.5. The van der Waals surface area contributed by atoms with E-state index < -0.39 is 10.7 Å². The lowest BCUT2D eigenvalue weighted by atomic mass is 9.80. The molecule has 0 aliphatic heterocycles. The lowest BCUT2D eigenvalue weighted by molar-refractivity contribution is -0.138. The van der Waals surface area contributed by atoms with Crippen LogP contribution in [0.2, 0.25) is 0 Å². The van der Waals surface area contributed by atoms with Crippen molar-refractivity contribution in [2.75, 3.05) is 5.32 Å². The Bertz CT molecular complexity index is 965. The van der Waals surface area contributed by atoms with E-state index in [1.807, 2.05) is 0 Å². The molecule has 2 saturated carbocycles. The Kier molecular flexibility index (Phi) is 8.19. The van der Waals surface area contributed by atoms with Gasteiger partial charge in [0, 0.05) is 12.1 Å². The van der Waals surface area contributed by atoms with Gasteiger partial charge in [0.15, 0.2) is 5.13 Å². The molecule has 4 rings (SSSR count). The van der Waals surface area contributed by atoms with Crippen molar-refractivity contribution >= 4 is 40.2 Å². The van der Waals surface area contributed by atoms with E-state index in [4.69, 9.17) is 0 Å². The summed E-state index contributed by atoms with van der Waals surface area (Å²) in [4.78, 5) is 31.5. The van der Waals surface area contributed by atoms with Crippen molar-refractivity contribution in [3.8, 4) is 0 Å². The molecule has 0 spiro atoms. The molecule has 1 heterocycles. The summed E-state index contributed by atoms with van der Waals surface area (Å²) < 4.78 is -0.158. The molecule has 0 saturated heterocycles. The van der Waals surface area contributed by atoms with Crippen LogP contribution in [0.3, 0.4) is 0 Å². The molecule has 2 aromatic rings. The number of carbonyl (C=O) groups is 2. The molecule has 0 atom stereocenters. The third-order valence-electron chi connectivity index (χ3n) is 7.13. The van der Waals surface area contributed by atoms with E-state index in [0.29, 0.717) is 11.0 Å². The van der Waals surface area contributed by atoms with Gasteiger partial charge in [-0.2, -0.15) is 0 Å². The van der Waals surface area contributed by atoms with Crippen LogP contribution < -0.4 is 5.32 Å². The first-order valence-electron chi connectivity index (χ1n) is 12.4. The Labute approximate surface area is 210 Å². The molecule has 2 fully saturated rings. The molecule has 2 amide bonds. The molecule has 0 radical (unpaired) electrons. The number of carboxylic acid groups (broad SMARTS) is 1. The highest BCUT2D eigenvalue weighted by atomic mass is 32.2. The number of rotatable bonds is 7. The molecule has 6 nitrogen and oxygen atoms in total. The highest BCUT2D eigenvalue weighted by molar-refractivity contribution is 8.03. The summed E-state index contributed by atoms with van der Waals surface area (Å²) in [5, 5.41) is 13.0. The Morgan fingerprint density at radius 1 is 1.03 bits per heavy atom. The van der Waals surface area contributed by atoms with Crippen molar-refractivity contribution in [3.05, 3.63) is 42.1 Å². The minimum Gasteiger partial charge on any atom is -0.480 e. The summed E-state index contributed by atoms with van der Waals surface area (Å²) in [6.45, 7) is 3.35. The van der Waals surface area contributed by atoms with Crippen LogP contribution >= 0.6 is 23.1 Å². The van der Waals surface area contributed by atoms with E-state index in [0.717, 1.165) is 42.7 Å². The van der Waals surface area contributed by atoms with Crippen molar-refractivity contribution < 1.29 is 14.7 Å². The van der Waals surface area contributed by atoms with E-state index in [1.165, 1.54) is 47.9 Å². The highest BCUT2D eigenvalue weighted by Crippen LogP contribution is 2.39. The fraction of sp³-hybridized carbons (Fsp3) is 0.577. The van der Waals surface area contributed by atoms with E-state index in [9.17, 15) is 14.7 Å². The fourth-order valence-electron chi connectivity index (χ4n) is 5.22. The monoisotopic (exact) mass is 501 g/mol. The van der Waals surface area contributed by atoms with Crippen LogP contribution in [0.25, 0.3) is 0 Å². The van der Waals surface area contributed by atoms with Crippen molar-refractivity contribution in [2.24, 2.45) is 0 Å². The van der Waals surface area contributed by atoms with Gasteiger partial charge in [-0.3, -0.25) is 10.1 Å². The molecule has 0 bridgehead atoms. The van der Waals surface area contributed by atoms with Gasteiger partial charge < -0.3 is 10.0 Å². The van der Waals surface area contributed by atoms with Gasteiger partial charge in [0.2, 0.25) is 0 Å². The molecule has 1 aromatic heterocycles. The maximum atomic E-state index is 13.5. The van der Waals surface area contributed by atoms with Crippen molar-refractivity contribution in [2.45, 2.75) is 98.6 Å². The van der Waals surface area contributed by atoms with Gasteiger partial charge in [0.05, 0.1) is 10.4 Å². The first-order chi connectivity index (χ1) is 16.3. The lowest BCUT2D eigenvalue weighted by Crippen LogP contribution is -2.50. The predicted molar refractivity (Wildman–Crippen MR) is 139 cm³/mol. The number of aromatic nitrogens is 1. The van der Waals surface area contributed by atoms with Gasteiger partial charge >= 0.3 is 12.0 Å². The number of nitrogens with one attached hydrogen (secondary N) is 1. The van der Waals surface area contributed by atoms with Gasteiger partial charge in [-0.25, -0.2) is 9.78 Å². The van der Waals surface area contributed by atoms with Crippen LogP contribution in [0.4, 0.5) is 9.93 Å². The second-order valence-electron chi connectivity index (χ2n) is 9.95. The van der Waals surface area contributed by atoms with Gasteiger partial charge in [-0.1, -0.05) is 72.7 Å². The van der Waals surface area contributed by atoms with Crippen molar-refractivity contribution in [1.82, 2.24) is 9.88 Å². The normalized spacial score (nSPS) is 21.7. The van der Waals surface area contributed by atoms with Crippen LogP contribution in [0.1, 0.15) is 83.1 Å². The first-order valence-corrected chi connectivity index (χ1v) is 14.0. The minimum atomic E-state index is -0.945. The van der Waals surface area contributed by atoms with Crippen LogP contribution in [0, 0.1) is 0 Å². The molecule has 184 valence electrons. The number of aliphatic carboxylic acids is 1. The Balaban J connectivity index is 1.43. The molecule has 2 aliphatic rings. The van der Waals surface area contributed by atoms with Gasteiger partial charge in [-0.05, 0) is 63.9 Å². The van der Waals surface area contributed by atoms with Crippen LogP contribution in [0.15, 0.2) is 40.7 Å². The summed E-state index contributed by atoms with van der Waals surface area (Å²) >= 11 is 2.60. The molecule has 0 unspecified atom stereocenters. The second-order valence-corrected chi connectivity index (χ2v) is 12.9. The van der Waals surface area contributed by atoms with Gasteiger partial charge in [0.25, 0.3) is 0 Å². The van der Waals surface area contributed by atoms with E-state index in [1.54, 1.807) is 20.0 Å². The number of benzene rings is 1. The predicted octanol–water partition coefficient (Wildman–Crippen LogP) is 6.99. The number of thiazole rings is 1. The number of urea groups is 1. The zero-order valence-corrected chi connectivity index (χ0v) is 21.7. The van der Waals surface area contributed by atoms with E-state index >= 15 is 0 Å². The lowest BCUT2D eigenvalue weighted by Gasteiger charge is -2.42.